The van der Waals surface area contributed by atoms with Crippen molar-refractivity contribution in [2.75, 3.05) is 19.6 Å². The van der Waals surface area contributed by atoms with Crippen molar-refractivity contribution in [1.82, 2.24) is 19.9 Å². The monoisotopic (exact) mass is 335 g/mol. The van der Waals surface area contributed by atoms with E-state index in [-0.39, 0.29) is 23.8 Å². The van der Waals surface area contributed by atoms with Crippen molar-refractivity contribution in [2.24, 2.45) is 11.7 Å². The summed E-state index contributed by atoms with van der Waals surface area (Å²) in [6.45, 7) is 5.72. The molecule has 3 rings (SSSR count). The standard InChI is InChI=1S/C16H25N5O3/c1-10(2)14-18-13(19-24-14)12-6-4-8-21(12)15(22)11-5-3-7-20(9-11)16(17)23/h10-12H,3-9H2,1-2H3,(H2,17,23)/t11-,12-/m0/s1. The van der Waals surface area contributed by atoms with Crippen LogP contribution >= 0.6 is 0 Å². The van der Waals surface area contributed by atoms with Gasteiger partial charge in [-0.2, -0.15) is 4.98 Å². The van der Waals surface area contributed by atoms with Gasteiger partial charge in [-0.15, -0.1) is 0 Å². The van der Waals surface area contributed by atoms with Gasteiger partial charge in [-0.05, 0) is 25.7 Å². The van der Waals surface area contributed by atoms with Crippen LogP contribution in [0.25, 0.3) is 0 Å². The van der Waals surface area contributed by atoms with Crippen LogP contribution in [0.4, 0.5) is 4.79 Å². The molecule has 2 aliphatic rings. The highest BCUT2D eigenvalue weighted by atomic mass is 16.5. The molecule has 0 unspecified atom stereocenters. The molecule has 0 spiro atoms. The number of nitrogens with two attached hydrogens (primary N) is 1. The number of urea groups is 1. The molecule has 0 aromatic carbocycles. The smallest absolute Gasteiger partial charge is 0.314 e. The molecule has 3 heterocycles. The molecule has 24 heavy (non-hydrogen) atoms. The quantitative estimate of drug-likeness (QED) is 0.904. The van der Waals surface area contributed by atoms with E-state index in [2.05, 4.69) is 10.1 Å². The molecule has 2 atom stereocenters. The molecule has 132 valence electrons. The molecule has 2 N–H and O–H groups in total. The predicted octanol–water partition coefficient (Wildman–Crippen LogP) is 1.65. The molecule has 8 heteroatoms. The van der Waals surface area contributed by atoms with Gasteiger partial charge in [0.1, 0.15) is 0 Å². The number of primary amides is 1. The fourth-order valence-electron chi connectivity index (χ4n) is 3.53. The van der Waals surface area contributed by atoms with E-state index in [9.17, 15) is 9.59 Å². The Bertz CT molecular complexity index is 615. The molecule has 0 saturated carbocycles. The van der Waals surface area contributed by atoms with Crippen molar-refractivity contribution in [3.8, 4) is 0 Å². The van der Waals surface area contributed by atoms with Crippen molar-refractivity contribution < 1.29 is 14.1 Å². The van der Waals surface area contributed by atoms with Crippen LogP contribution in [0.5, 0.6) is 0 Å². The molecule has 1 aromatic heterocycles. The van der Waals surface area contributed by atoms with Crippen molar-refractivity contribution >= 4 is 11.9 Å². The van der Waals surface area contributed by atoms with Gasteiger partial charge in [-0.1, -0.05) is 19.0 Å². The first-order chi connectivity index (χ1) is 11.5. The minimum absolute atomic E-state index is 0.0688. The van der Waals surface area contributed by atoms with Gasteiger partial charge >= 0.3 is 6.03 Å². The summed E-state index contributed by atoms with van der Waals surface area (Å²) in [4.78, 5) is 32.2. The summed E-state index contributed by atoms with van der Waals surface area (Å²) in [6.07, 6.45) is 3.36. The average Bonchev–Trinajstić information content (AvgIpc) is 3.23. The molecular formula is C16H25N5O3. The minimum atomic E-state index is -0.454. The molecule has 2 aliphatic heterocycles. The fraction of sp³-hybridized carbons (Fsp3) is 0.750. The second kappa shape index (κ2) is 6.78. The molecule has 2 saturated heterocycles. The molecule has 2 fully saturated rings. The second-order valence-electron chi connectivity index (χ2n) is 6.96. The number of carbonyl (C=O) groups excluding carboxylic acids is 2. The first-order valence-electron chi connectivity index (χ1n) is 8.65. The first-order valence-corrected chi connectivity index (χ1v) is 8.65. The summed E-state index contributed by atoms with van der Waals surface area (Å²) in [6, 6.07) is -0.581. The Morgan fingerprint density at radius 1 is 1.25 bits per heavy atom. The van der Waals surface area contributed by atoms with Gasteiger partial charge in [0.15, 0.2) is 5.82 Å². The fourth-order valence-corrected chi connectivity index (χ4v) is 3.53. The minimum Gasteiger partial charge on any atom is -0.351 e. The lowest BCUT2D eigenvalue weighted by molar-refractivity contribution is -0.138. The molecule has 1 aromatic rings. The van der Waals surface area contributed by atoms with Crippen LogP contribution in [0.1, 0.15) is 63.2 Å². The summed E-state index contributed by atoms with van der Waals surface area (Å²) in [5.74, 6) is 1.23. The van der Waals surface area contributed by atoms with E-state index < -0.39 is 6.03 Å². The van der Waals surface area contributed by atoms with E-state index in [1.54, 1.807) is 4.90 Å². The van der Waals surface area contributed by atoms with Crippen molar-refractivity contribution in [3.63, 3.8) is 0 Å². The summed E-state index contributed by atoms with van der Waals surface area (Å²) in [5, 5.41) is 4.08. The normalized spacial score (nSPS) is 24.6. The summed E-state index contributed by atoms with van der Waals surface area (Å²) in [7, 11) is 0. The highest BCUT2D eigenvalue weighted by Gasteiger charge is 2.38. The van der Waals surface area contributed by atoms with E-state index in [1.807, 2.05) is 18.7 Å². The highest BCUT2D eigenvalue weighted by Crippen LogP contribution is 2.33. The lowest BCUT2D eigenvalue weighted by Crippen LogP contribution is -2.48. The van der Waals surface area contributed by atoms with Gasteiger partial charge in [0, 0.05) is 25.6 Å². The Morgan fingerprint density at radius 3 is 2.67 bits per heavy atom. The van der Waals surface area contributed by atoms with Gasteiger partial charge in [0.05, 0.1) is 12.0 Å². The number of amides is 3. The van der Waals surface area contributed by atoms with E-state index in [1.165, 1.54) is 0 Å². The Balaban J connectivity index is 1.72. The Morgan fingerprint density at radius 2 is 2.00 bits per heavy atom. The maximum absolute atomic E-state index is 13.0. The maximum Gasteiger partial charge on any atom is 0.314 e. The van der Waals surface area contributed by atoms with Crippen molar-refractivity contribution in [2.45, 2.75) is 51.5 Å². The zero-order valence-corrected chi connectivity index (χ0v) is 14.3. The number of nitrogens with zero attached hydrogens (tertiary/aromatic N) is 4. The third kappa shape index (κ3) is 3.22. The number of piperidine rings is 1. The van der Waals surface area contributed by atoms with Crippen LogP contribution in [0.3, 0.4) is 0 Å². The number of hydrogen-bond acceptors (Lipinski definition) is 5. The van der Waals surface area contributed by atoms with E-state index >= 15 is 0 Å². The number of carbonyl (C=O) groups is 2. The third-order valence-corrected chi connectivity index (χ3v) is 4.87. The zero-order chi connectivity index (χ0) is 17.3. The molecule has 8 nitrogen and oxygen atoms in total. The van der Waals surface area contributed by atoms with E-state index in [0.29, 0.717) is 31.3 Å². The summed E-state index contributed by atoms with van der Waals surface area (Å²) < 4.78 is 5.29. The van der Waals surface area contributed by atoms with Crippen LogP contribution < -0.4 is 5.73 Å². The first kappa shape index (κ1) is 16.7. The van der Waals surface area contributed by atoms with Gasteiger partial charge in [0.2, 0.25) is 11.8 Å². The van der Waals surface area contributed by atoms with Gasteiger partial charge < -0.3 is 20.1 Å². The lowest BCUT2D eigenvalue weighted by atomic mass is 9.96. The highest BCUT2D eigenvalue weighted by molar-refractivity contribution is 5.81. The van der Waals surface area contributed by atoms with Crippen LogP contribution in [-0.4, -0.2) is 51.5 Å². The molecule has 0 bridgehead atoms. The number of likely N-dealkylation sites (tertiary alicyclic amines) is 2. The van der Waals surface area contributed by atoms with Gasteiger partial charge in [-0.25, -0.2) is 4.79 Å². The predicted molar refractivity (Wildman–Crippen MR) is 86.0 cm³/mol. The Hall–Kier alpha value is -2.12. The molecular weight excluding hydrogens is 310 g/mol. The number of hydrogen-bond donors (Lipinski definition) is 1. The van der Waals surface area contributed by atoms with Crippen molar-refractivity contribution in [3.05, 3.63) is 11.7 Å². The Kier molecular flexibility index (Phi) is 4.73. The van der Waals surface area contributed by atoms with Crippen molar-refractivity contribution in [1.29, 1.82) is 0 Å². The number of rotatable bonds is 3. The van der Waals surface area contributed by atoms with Crippen LogP contribution in [0, 0.1) is 5.92 Å². The molecule has 0 radical (unpaired) electrons. The van der Waals surface area contributed by atoms with Gasteiger partial charge in [-0.3, -0.25) is 4.79 Å². The lowest BCUT2D eigenvalue weighted by Gasteiger charge is -2.34. The molecule has 3 amide bonds. The second-order valence-corrected chi connectivity index (χ2v) is 6.96. The van der Waals surface area contributed by atoms with Crippen LogP contribution in [-0.2, 0) is 4.79 Å². The maximum atomic E-state index is 13.0. The van der Waals surface area contributed by atoms with Gasteiger partial charge in [0.25, 0.3) is 0 Å². The van der Waals surface area contributed by atoms with E-state index in [4.69, 9.17) is 10.3 Å². The topological polar surface area (TPSA) is 106 Å². The third-order valence-electron chi connectivity index (χ3n) is 4.87. The Labute approximate surface area is 141 Å². The number of aromatic nitrogens is 2. The average molecular weight is 335 g/mol. The molecule has 0 aliphatic carbocycles. The summed E-state index contributed by atoms with van der Waals surface area (Å²) in [5.41, 5.74) is 5.36. The van der Waals surface area contributed by atoms with Crippen LogP contribution in [0.2, 0.25) is 0 Å². The zero-order valence-electron chi connectivity index (χ0n) is 14.3. The summed E-state index contributed by atoms with van der Waals surface area (Å²) >= 11 is 0. The van der Waals surface area contributed by atoms with Crippen LogP contribution in [0.15, 0.2) is 4.52 Å². The van der Waals surface area contributed by atoms with E-state index in [0.717, 1.165) is 25.7 Å². The largest absolute Gasteiger partial charge is 0.351 e. The SMILES string of the molecule is CC(C)c1nc([C@@H]2CCCN2C(=O)[C@H]2CCCN(C(N)=O)C2)no1.